The summed E-state index contributed by atoms with van der Waals surface area (Å²) in [7, 11) is 0. The van der Waals surface area contributed by atoms with Crippen LogP contribution in [0.25, 0.3) is 10.9 Å². The maximum atomic E-state index is 13.1. The van der Waals surface area contributed by atoms with Crippen molar-refractivity contribution in [2.45, 2.75) is 33.2 Å². The smallest absolute Gasteiger partial charge is 0.252 e. The molecule has 0 radical (unpaired) electrons. The van der Waals surface area contributed by atoms with Crippen molar-refractivity contribution < 1.29 is 9.59 Å². The van der Waals surface area contributed by atoms with Gasteiger partial charge in [-0.1, -0.05) is 29.8 Å². The molecule has 0 bridgehead atoms. The van der Waals surface area contributed by atoms with E-state index in [1.165, 1.54) is 0 Å². The second kappa shape index (κ2) is 6.50. The number of aromatic nitrogens is 1. The second-order valence-corrected chi connectivity index (χ2v) is 7.15. The molecular formula is C22H21N3O2. The highest BCUT2D eigenvalue weighted by Crippen LogP contribution is 2.31. The number of anilines is 1. The largest absolute Gasteiger partial charge is 0.345 e. The molecule has 1 aliphatic heterocycles. The first-order valence-electron chi connectivity index (χ1n) is 9.00. The van der Waals surface area contributed by atoms with Gasteiger partial charge in [-0.2, -0.15) is 0 Å². The fourth-order valence-electron chi connectivity index (χ4n) is 3.77. The van der Waals surface area contributed by atoms with Crippen molar-refractivity contribution >= 4 is 28.4 Å². The molecule has 2 N–H and O–H groups in total. The van der Waals surface area contributed by atoms with Crippen molar-refractivity contribution in [3.63, 3.8) is 0 Å². The number of amides is 2. The van der Waals surface area contributed by atoms with Crippen LogP contribution in [0.15, 0.2) is 42.5 Å². The van der Waals surface area contributed by atoms with Crippen molar-refractivity contribution in [1.82, 2.24) is 10.3 Å². The number of hydrogen-bond donors (Lipinski definition) is 2. The van der Waals surface area contributed by atoms with Crippen molar-refractivity contribution in [3.8, 4) is 0 Å². The van der Waals surface area contributed by atoms with Gasteiger partial charge < -0.3 is 10.6 Å². The lowest BCUT2D eigenvalue weighted by atomic mass is 9.96. The number of fused-ring (bicyclic) bond motifs is 2. The lowest BCUT2D eigenvalue weighted by Crippen LogP contribution is -2.35. The lowest BCUT2D eigenvalue weighted by Gasteiger charge is -2.26. The van der Waals surface area contributed by atoms with Crippen LogP contribution < -0.4 is 10.6 Å². The molecule has 2 aromatic carbocycles. The van der Waals surface area contributed by atoms with Gasteiger partial charge in [0.1, 0.15) is 0 Å². The van der Waals surface area contributed by atoms with Crippen LogP contribution in [-0.4, -0.2) is 16.8 Å². The number of para-hydroxylation sites is 1. The summed E-state index contributed by atoms with van der Waals surface area (Å²) in [6.07, 6.45) is 0.225. The van der Waals surface area contributed by atoms with Crippen molar-refractivity contribution in [2.24, 2.45) is 0 Å². The van der Waals surface area contributed by atoms with Gasteiger partial charge >= 0.3 is 0 Å². The summed E-state index contributed by atoms with van der Waals surface area (Å²) in [5.41, 5.74) is 6.03. The topological polar surface area (TPSA) is 71.1 Å². The van der Waals surface area contributed by atoms with E-state index < -0.39 is 0 Å². The first kappa shape index (κ1) is 17.2. The first-order valence-corrected chi connectivity index (χ1v) is 9.00. The van der Waals surface area contributed by atoms with E-state index in [1.807, 2.05) is 57.2 Å². The van der Waals surface area contributed by atoms with Gasteiger partial charge in [0.2, 0.25) is 5.91 Å². The highest BCUT2D eigenvalue weighted by atomic mass is 16.2. The number of nitrogens with one attached hydrogen (secondary N) is 2. The van der Waals surface area contributed by atoms with Crippen LogP contribution in [0.2, 0.25) is 0 Å². The Hall–Kier alpha value is -3.21. The van der Waals surface area contributed by atoms with E-state index in [2.05, 4.69) is 21.7 Å². The van der Waals surface area contributed by atoms with Crippen molar-refractivity contribution in [2.75, 3.05) is 5.32 Å². The van der Waals surface area contributed by atoms with Gasteiger partial charge in [0.15, 0.2) is 0 Å². The fraction of sp³-hybridized carbons (Fsp3) is 0.227. The molecule has 4 rings (SSSR count). The normalized spacial score (nSPS) is 16.0. The van der Waals surface area contributed by atoms with Gasteiger partial charge in [-0.3, -0.25) is 14.6 Å². The zero-order valence-corrected chi connectivity index (χ0v) is 15.6. The number of hydrogen-bond acceptors (Lipinski definition) is 3. The standard InChI is InChI=1S/C22H21N3O2/c1-12-8-13(2)21-16(9-12)17(10-14(3)23-21)22(27)25-19-11-20(26)24-18-7-5-4-6-15(18)19/h4-10,19H,11H2,1-3H3,(H,24,26)(H,25,27)/t19-/m0/s1. The Morgan fingerprint density at radius 3 is 2.74 bits per heavy atom. The van der Waals surface area contributed by atoms with Gasteiger partial charge in [-0.05, 0) is 50.1 Å². The van der Waals surface area contributed by atoms with Crippen LogP contribution >= 0.6 is 0 Å². The van der Waals surface area contributed by atoms with Crippen molar-refractivity contribution in [1.29, 1.82) is 0 Å². The number of nitrogens with zero attached hydrogens (tertiary/aromatic N) is 1. The lowest BCUT2D eigenvalue weighted by molar-refractivity contribution is -0.116. The van der Waals surface area contributed by atoms with Crippen LogP contribution in [0.5, 0.6) is 0 Å². The third-order valence-corrected chi connectivity index (χ3v) is 4.93. The Labute approximate surface area is 157 Å². The highest BCUT2D eigenvalue weighted by Gasteiger charge is 2.27. The van der Waals surface area contributed by atoms with Crippen LogP contribution in [0.4, 0.5) is 5.69 Å². The molecule has 1 atom stereocenters. The molecule has 0 saturated carbocycles. The average Bonchev–Trinajstić information content (AvgIpc) is 2.61. The molecule has 1 aliphatic rings. The van der Waals surface area contributed by atoms with Gasteiger partial charge in [-0.25, -0.2) is 0 Å². The van der Waals surface area contributed by atoms with Crippen LogP contribution in [0.3, 0.4) is 0 Å². The average molecular weight is 359 g/mol. The summed E-state index contributed by atoms with van der Waals surface area (Å²) in [6.45, 7) is 5.90. The maximum Gasteiger partial charge on any atom is 0.252 e. The number of pyridine rings is 1. The SMILES string of the molecule is Cc1cc(C)c2nc(C)cc(C(=O)N[C@H]3CC(=O)Nc4ccccc43)c2c1. The van der Waals surface area contributed by atoms with Crippen LogP contribution in [0.1, 0.15) is 45.2 Å². The summed E-state index contributed by atoms with van der Waals surface area (Å²) in [5, 5.41) is 6.75. The number of carbonyl (C=O) groups excluding carboxylic acids is 2. The molecule has 3 aromatic rings. The van der Waals surface area contributed by atoms with E-state index in [9.17, 15) is 9.59 Å². The van der Waals surface area contributed by atoms with Gasteiger partial charge in [0.05, 0.1) is 23.5 Å². The molecule has 5 heteroatoms. The summed E-state index contributed by atoms with van der Waals surface area (Å²) >= 11 is 0. The number of rotatable bonds is 2. The maximum absolute atomic E-state index is 13.1. The molecule has 136 valence electrons. The summed E-state index contributed by atoms with van der Waals surface area (Å²) < 4.78 is 0. The molecule has 2 amide bonds. The van der Waals surface area contributed by atoms with E-state index in [4.69, 9.17) is 0 Å². The minimum absolute atomic E-state index is 0.0959. The van der Waals surface area contributed by atoms with Gasteiger partial charge in [0, 0.05) is 16.8 Å². The summed E-state index contributed by atoms with van der Waals surface area (Å²) in [5.74, 6) is -0.286. The monoisotopic (exact) mass is 359 g/mol. The molecule has 2 heterocycles. The molecule has 0 saturated heterocycles. The number of aryl methyl sites for hydroxylation is 3. The molecule has 27 heavy (non-hydrogen) atoms. The van der Waals surface area contributed by atoms with E-state index in [-0.39, 0.29) is 24.3 Å². The minimum atomic E-state index is -0.350. The first-order chi connectivity index (χ1) is 12.9. The Morgan fingerprint density at radius 2 is 1.93 bits per heavy atom. The number of carbonyl (C=O) groups is 2. The molecule has 0 unspecified atom stereocenters. The van der Waals surface area contributed by atoms with Gasteiger partial charge in [-0.15, -0.1) is 0 Å². The Morgan fingerprint density at radius 1 is 1.15 bits per heavy atom. The second-order valence-electron chi connectivity index (χ2n) is 7.15. The fourth-order valence-corrected chi connectivity index (χ4v) is 3.77. The zero-order chi connectivity index (χ0) is 19.1. The predicted octanol–water partition coefficient (Wildman–Crippen LogP) is 3.97. The molecule has 1 aromatic heterocycles. The molecular weight excluding hydrogens is 338 g/mol. The number of benzene rings is 2. The van der Waals surface area contributed by atoms with E-state index in [0.29, 0.717) is 5.56 Å². The van der Waals surface area contributed by atoms with Crippen LogP contribution in [0, 0.1) is 20.8 Å². The Bertz CT molecular complexity index is 1090. The van der Waals surface area contributed by atoms with Crippen LogP contribution in [-0.2, 0) is 4.79 Å². The summed E-state index contributed by atoms with van der Waals surface area (Å²) in [6, 6.07) is 13.1. The minimum Gasteiger partial charge on any atom is -0.345 e. The quantitative estimate of drug-likeness (QED) is 0.727. The van der Waals surface area contributed by atoms with E-state index in [1.54, 1.807) is 0 Å². The zero-order valence-electron chi connectivity index (χ0n) is 15.6. The Balaban J connectivity index is 1.75. The third kappa shape index (κ3) is 3.16. The molecule has 0 aliphatic carbocycles. The molecule has 0 spiro atoms. The predicted molar refractivity (Wildman–Crippen MR) is 106 cm³/mol. The molecule has 5 nitrogen and oxygen atoms in total. The molecule has 0 fully saturated rings. The third-order valence-electron chi connectivity index (χ3n) is 4.93. The highest BCUT2D eigenvalue weighted by molar-refractivity contribution is 6.07. The van der Waals surface area contributed by atoms with Crippen molar-refractivity contribution in [3.05, 3.63) is 70.4 Å². The Kier molecular flexibility index (Phi) is 4.15. The van der Waals surface area contributed by atoms with E-state index >= 15 is 0 Å². The van der Waals surface area contributed by atoms with Gasteiger partial charge in [0.25, 0.3) is 5.91 Å². The van der Waals surface area contributed by atoms with E-state index in [0.717, 1.165) is 39.0 Å². The summed E-state index contributed by atoms with van der Waals surface area (Å²) in [4.78, 5) is 29.8.